The van der Waals surface area contributed by atoms with Crippen molar-refractivity contribution in [3.05, 3.63) is 0 Å². The molecule has 0 aliphatic heterocycles. The summed E-state index contributed by atoms with van der Waals surface area (Å²) >= 11 is 0. The van der Waals surface area contributed by atoms with Crippen LogP contribution in [0.25, 0.3) is 0 Å². The van der Waals surface area contributed by atoms with Gasteiger partial charge in [-0.15, -0.1) is 0 Å². The molecule has 1 unspecified atom stereocenters. The van der Waals surface area contributed by atoms with Gasteiger partial charge in [-0.05, 0) is 0 Å². The van der Waals surface area contributed by atoms with Crippen LogP contribution in [0.2, 0.25) is 0 Å². The summed E-state index contributed by atoms with van der Waals surface area (Å²) in [4.78, 5) is 10.2. The highest BCUT2D eigenvalue weighted by atomic mass is 31.1. The molecule has 0 aromatic heterocycles. The first-order valence-corrected chi connectivity index (χ1v) is 3.60. The third-order valence-electron chi connectivity index (χ3n) is 0.694. The Morgan fingerprint density at radius 2 is 2.38 bits per heavy atom. The fourth-order valence-electron chi connectivity index (χ4n) is 0.279. The fourth-order valence-corrected chi connectivity index (χ4v) is 0.632. The van der Waals surface area contributed by atoms with Crippen LogP contribution in [0.15, 0.2) is 0 Å². The molecule has 0 saturated carbocycles. The first-order valence-electron chi connectivity index (χ1n) is 2.31. The predicted molar refractivity (Wildman–Crippen MR) is 31.9 cm³/mol. The summed E-state index contributed by atoms with van der Waals surface area (Å²) in [5.41, 5.74) is 0. The molecule has 1 atom stereocenters. The van der Waals surface area contributed by atoms with E-state index >= 15 is 0 Å². The molecule has 0 aliphatic carbocycles. The molecule has 0 bridgehead atoms. The van der Waals surface area contributed by atoms with Gasteiger partial charge >= 0.3 is 5.97 Å². The van der Waals surface area contributed by atoms with Gasteiger partial charge in [-0.25, -0.2) is 0 Å². The summed E-state index contributed by atoms with van der Waals surface area (Å²) in [5, 5.41) is 0. The topological polar surface area (TPSA) is 43.4 Å². The van der Waals surface area contributed by atoms with E-state index in [4.69, 9.17) is 0 Å². The highest BCUT2D eigenvalue weighted by molar-refractivity contribution is 7.23. The minimum absolute atomic E-state index is 0.284. The normalized spacial score (nSPS) is 10.1. The van der Waals surface area contributed by atoms with Crippen LogP contribution in [-0.2, 0) is 14.1 Å². The van der Waals surface area contributed by atoms with E-state index in [1.807, 2.05) is 0 Å². The van der Waals surface area contributed by atoms with Gasteiger partial charge in [0.25, 0.3) is 0 Å². The van der Waals surface area contributed by atoms with Gasteiger partial charge in [0.15, 0.2) is 0 Å². The predicted octanol–water partition coefficient (Wildman–Crippen LogP) is 0.306. The van der Waals surface area contributed by atoms with Crippen LogP contribution in [-0.4, -0.2) is 19.2 Å². The highest BCUT2D eigenvalue weighted by Crippen LogP contribution is 1.95. The lowest BCUT2D eigenvalue weighted by atomic mass is 10.5. The lowest BCUT2D eigenvalue weighted by molar-refractivity contribution is -0.140. The second-order valence-corrected chi connectivity index (χ2v) is 2.19. The Morgan fingerprint density at radius 1 is 1.75 bits per heavy atom. The lowest BCUT2D eigenvalue weighted by Gasteiger charge is -1.91. The maximum Gasteiger partial charge on any atom is 0.305 e. The van der Waals surface area contributed by atoms with E-state index in [1.165, 1.54) is 7.11 Å². The second-order valence-electron chi connectivity index (χ2n) is 1.28. The average molecular weight is 136 g/mol. The number of carbonyl (C=O) groups excluding carboxylic acids is 1. The van der Waals surface area contributed by atoms with Gasteiger partial charge in [0, 0.05) is 6.16 Å². The molecule has 3 nitrogen and oxygen atoms in total. The minimum Gasteiger partial charge on any atom is -0.469 e. The Balaban J connectivity index is 3.11. The van der Waals surface area contributed by atoms with Gasteiger partial charge in [-0.1, -0.05) is 0 Å². The number of hydrogen-bond donors (Lipinski definition) is 0. The lowest BCUT2D eigenvalue weighted by Crippen LogP contribution is -1.99. The third-order valence-corrected chi connectivity index (χ3v) is 1.22. The van der Waals surface area contributed by atoms with Crippen LogP contribution in [0.4, 0.5) is 0 Å². The van der Waals surface area contributed by atoms with Crippen molar-refractivity contribution in [2.45, 2.75) is 6.42 Å². The Bertz CT molecular complexity index is 91.3. The summed E-state index contributed by atoms with van der Waals surface area (Å²) in [6, 6.07) is 0. The van der Waals surface area contributed by atoms with Crippen LogP contribution < -0.4 is 0 Å². The molecule has 0 radical (unpaired) electrons. The average Bonchev–Trinajstić information content (AvgIpc) is 1.83. The largest absolute Gasteiger partial charge is 0.469 e. The molecule has 0 spiro atoms. The zero-order valence-electron chi connectivity index (χ0n) is 4.72. The van der Waals surface area contributed by atoms with Crippen molar-refractivity contribution in [1.29, 1.82) is 0 Å². The van der Waals surface area contributed by atoms with Gasteiger partial charge in [0.05, 0.1) is 22.0 Å². The molecule has 0 aromatic carbocycles. The first kappa shape index (κ1) is 7.70. The maximum atomic E-state index is 10.2. The Morgan fingerprint density at radius 3 is 2.75 bits per heavy atom. The van der Waals surface area contributed by atoms with Crippen LogP contribution in [0.1, 0.15) is 6.42 Å². The number of ether oxygens (including phenoxy) is 1. The number of carbonyl (C=O) groups is 1. The number of rotatable bonds is 3. The van der Waals surface area contributed by atoms with Crippen molar-refractivity contribution in [3.63, 3.8) is 0 Å². The molecule has 48 valence electrons. The highest BCUT2D eigenvalue weighted by Gasteiger charge is 1.95. The Kier molecular flexibility index (Phi) is 4.67. The molecule has 0 aromatic rings. The van der Waals surface area contributed by atoms with Crippen molar-refractivity contribution < 1.29 is 14.1 Å². The summed E-state index contributed by atoms with van der Waals surface area (Å²) in [6.07, 6.45) is 0.752. The number of esters is 1. The standard InChI is InChI=1S/C4H9O3P/c1-7-4(5)2-3-8-6/h2-3,8H2,1H3. The zero-order valence-corrected chi connectivity index (χ0v) is 5.87. The number of hydrogen-bond acceptors (Lipinski definition) is 3. The monoisotopic (exact) mass is 136 g/mol. The van der Waals surface area contributed by atoms with Gasteiger partial charge in [0.1, 0.15) is 0 Å². The quantitative estimate of drug-likeness (QED) is 0.414. The molecular formula is C4H9O3P. The van der Waals surface area contributed by atoms with Crippen molar-refractivity contribution in [3.8, 4) is 0 Å². The summed E-state index contributed by atoms with van der Waals surface area (Å²) in [7, 11) is 0.529. The SMILES string of the molecule is COC(=O)CC[PH2]=O. The van der Waals surface area contributed by atoms with Gasteiger partial charge in [-0.2, -0.15) is 0 Å². The van der Waals surface area contributed by atoms with Crippen molar-refractivity contribution in [1.82, 2.24) is 0 Å². The molecule has 0 fully saturated rings. The van der Waals surface area contributed by atoms with Gasteiger partial charge in [0.2, 0.25) is 0 Å². The van der Waals surface area contributed by atoms with Gasteiger partial charge in [-0.3, -0.25) is 4.79 Å². The van der Waals surface area contributed by atoms with E-state index in [9.17, 15) is 9.36 Å². The molecule has 0 rings (SSSR count). The molecule has 0 N–H and O–H groups in total. The second kappa shape index (κ2) is 4.85. The minimum atomic E-state index is -0.793. The van der Waals surface area contributed by atoms with E-state index in [0.29, 0.717) is 6.16 Å². The van der Waals surface area contributed by atoms with Crippen LogP contribution >= 0.6 is 8.46 Å². The van der Waals surface area contributed by atoms with Crippen molar-refractivity contribution in [2.75, 3.05) is 13.3 Å². The third kappa shape index (κ3) is 3.88. The molecule has 0 saturated heterocycles. The summed E-state index contributed by atoms with van der Waals surface area (Å²) in [6.45, 7) is 0. The smallest absolute Gasteiger partial charge is 0.305 e. The molecule has 8 heavy (non-hydrogen) atoms. The van der Waals surface area contributed by atoms with E-state index in [1.54, 1.807) is 0 Å². The van der Waals surface area contributed by atoms with Crippen LogP contribution in [0, 0.1) is 0 Å². The van der Waals surface area contributed by atoms with Crippen molar-refractivity contribution >= 4 is 14.4 Å². The Labute approximate surface area is 49.2 Å². The zero-order chi connectivity index (χ0) is 6.41. The molecular weight excluding hydrogens is 127 g/mol. The molecule has 0 amide bonds. The summed E-state index contributed by atoms with van der Waals surface area (Å²) in [5.74, 6) is -0.284. The van der Waals surface area contributed by atoms with E-state index in [-0.39, 0.29) is 12.4 Å². The van der Waals surface area contributed by atoms with E-state index < -0.39 is 8.46 Å². The summed E-state index contributed by atoms with van der Waals surface area (Å²) < 4.78 is 14.1. The van der Waals surface area contributed by atoms with E-state index in [2.05, 4.69) is 4.74 Å². The fraction of sp³-hybridized carbons (Fsp3) is 0.750. The number of methoxy groups -OCH3 is 1. The Hall–Kier alpha value is -0.300. The van der Waals surface area contributed by atoms with Crippen LogP contribution in [0.5, 0.6) is 0 Å². The first-order chi connectivity index (χ1) is 3.81. The molecule has 4 heteroatoms. The van der Waals surface area contributed by atoms with Gasteiger partial charge < -0.3 is 9.30 Å². The molecule has 0 aliphatic rings. The van der Waals surface area contributed by atoms with Crippen LogP contribution in [0.3, 0.4) is 0 Å². The maximum absolute atomic E-state index is 10.2. The molecule has 0 heterocycles. The van der Waals surface area contributed by atoms with E-state index in [0.717, 1.165) is 0 Å². The van der Waals surface area contributed by atoms with Crippen molar-refractivity contribution in [2.24, 2.45) is 0 Å².